The molecule has 2 aliphatic heterocycles. The van der Waals surface area contributed by atoms with Gasteiger partial charge in [-0.3, -0.25) is 4.79 Å². The number of likely N-dealkylation sites (tertiary alicyclic amines) is 1. The average molecular weight is 275 g/mol. The maximum atomic E-state index is 10.6. The van der Waals surface area contributed by atoms with Gasteiger partial charge < -0.3 is 14.7 Å². The van der Waals surface area contributed by atoms with Crippen LogP contribution < -0.4 is 4.74 Å². The molecule has 0 bridgehead atoms. The number of ether oxygens (including phenoxy) is 1. The average Bonchev–Trinajstić information content (AvgIpc) is 3.05. The Morgan fingerprint density at radius 1 is 1.40 bits per heavy atom. The summed E-state index contributed by atoms with van der Waals surface area (Å²) in [5.74, 6) is 1.36. The molecule has 2 aliphatic rings. The smallest absolute Gasteiger partial charge is 0.303 e. The predicted molar refractivity (Wildman–Crippen MR) is 76.1 cm³/mol. The summed E-state index contributed by atoms with van der Waals surface area (Å²) >= 11 is 0. The molecule has 0 aliphatic carbocycles. The molecule has 2 unspecified atom stereocenters. The molecule has 0 spiro atoms. The number of hydrogen-bond acceptors (Lipinski definition) is 3. The number of benzene rings is 1. The van der Waals surface area contributed by atoms with E-state index in [1.54, 1.807) is 0 Å². The maximum absolute atomic E-state index is 10.6. The van der Waals surface area contributed by atoms with Gasteiger partial charge in [0.2, 0.25) is 0 Å². The molecule has 0 aromatic heterocycles. The topological polar surface area (TPSA) is 49.8 Å². The molecule has 2 heterocycles. The van der Waals surface area contributed by atoms with Crippen LogP contribution in [0, 0.1) is 5.92 Å². The third-order valence-corrected chi connectivity index (χ3v) is 4.41. The monoisotopic (exact) mass is 275 g/mol. The number of carboxylic acids is 1. The van der Waals surface area contributed by atoms with Crippen molar-refractivity contribution in [2.75, 3.05) is 26.2 Å². The minimum absolute atomic E-state index is 0.299. The van der Waals surface area contributed by atoms with Crippen LogP contribution in [-0.4, -0.2) is 42.2 Å². The van der Waals surface area contributed by atoms with Crippen molar-refractivity contribution in [1.82, 2.24) is 4.90 Å². The van der Waals surface area contributed by atoms with E-state index in [-0.39, 0.29) is 0 Å². The summed E-state index contributed by atoms with van der Waals surface area (Å²) in [4.78, 5) is 13.1. The van der Waals surface area contributed by atoms with Gasteiger partial charge in [-0.15, -0.1) is 0 Å². The summed E-state index contributed by atoms with van der Waals surface area (Å²) in [6, 6.07) is 8.28. The number of aliphatic carboxylic acids is 1. The van der Waals surface area contributed by atoms with Gasteiger partial charge in [0.1, 0.15) is 5.75 Å². The van der Waals surface area contributed by atoms with Crippen molar-refractivity contribution in [3.8, 4) is 5.75 Å². The number of nitrogens with zero attached hydrogens (tertiary/aromatic N) is 1. The summed E-state index contributed by atoms with van der Waals surface area (Å²) in [6.07, 6.45) is 2.24. The van der Waals surface area contributed by atoms with E-state index in [4.69, 9.17) is 9.84 Å². The minimum Gasteiger partial charge on any atom is -0.493 e. The van der Waals surface area contributed by atoms with Crippen molar-refractivity contribution in [2.45, 2.75) is 25.2 Å². The molecule has 108 valence electrons. The molecule has 1 fully saturated rings. The van der Waals surface area contributed by atoms with Crippen LogP contribution in [0.5, 0.6) is 5.75 Å². The molecule has 1 saturated heterocycles. The summed E-state index contributed by atoms with van der Waals surface area (Å²) in [5.41, 5.74) is 1.32. The Morgan fingerprint density at radius 2 is 2.25 bits per heavy atom. The second-order valence-electron chi connectivity index (χ2n) is 5.89. The Kier molecular flexibility index (Phi) is 3.92. The highest BCUT2D eigenvalue weighted by atomic mass is 16.5. The van der Waals surface area contributed by atoms with Crippen LogP contribution in [0.1, 0.15) is 30.7 Å². The summed E-state index contributed by atoms with van der Waals surface area (Å²) in [7, 11) is 0. The van der Waals surface area contributed by atoms with E-state index in [1.165, 1.54) is 5.56 Å². The van der Waals surface area contributed by atoms with Crippen molar-refractivity contribution in [1.29, 1.82) is 0 Å². The highest BCUT2D eigenvalue weighted by Gasteiger charge is 2.29. The summed E-state index contributed by atoms with van der Waals surface area (Å²) in [6.45, 7) is 3.92. The lowest BCUT2D eigenvalue weighted by molar-refractivity contribution is -0.137. The van der Waals surface area contributed by atoms with Crippen LogP contribution >= 0.6 is 0 Å². The third-order valence-electron chi connectivity index (χ3n) is 4.41. The van der Waals surface area contributed by atoms with Gasteiger partial charge in [0.25, 0.3) is 0 Å². The SMILES string of the molecule is O=C(O)CCC1CCN(CC2COc3ccccc32)C1. The van der Waals surface area contributed by atoms with Gasteiger partial charge in [-0.25, -0.2) is 0 Å². The number of fused-ring (bicyclic) bond motifs is 1. The Morgan fingerprint density at radius 3 is 3.10 bits per heavy atom. The lowest BCUT2D eigenvalue weighted by Crippen LogP contribution is -2.27. The van der Waals surface area contributed by atoms with Crippen LogP contribution in [0.2, 0.25) is 0 Å². The van der Waals surface area contributed by atoms with Gasteiger partial charge in [0, 0.05) is 31.0 Å². The third kappa shape index (κ3) is 2.96. The summed E-state index contributed by atoms with van der Waals surface area (Å²) < 4.78 is 5.72. The molecular formula is C16H21NO3. The number of para-hydroxylation sites is 1. The van der Waals surface area contributed by atoms with Crippen LogP contribution in [0.25, 0.3) is 0 Å². The zero-order valence-electron chi connectivity index (χ0n) is 11.6. The van der Waals surface area contributed by atoms with Gasteiger partial charge in [-0.05, 0) is 31.4 Å². The Balaban J connectivity index is 1.52. The Bertz CT molecular complexity index is 488. The fraction of sp³-hybridized carbons (Fsp3) is 0.562. The second-order valence-corrected chi connectivity index (χ2v) is 5.89. The molecule has 0 saturated carbocycles. The first-order valence-electron chi connectivity index (χ1n) is 7.38. The maximum Gasteiger partial charge on any atom is 0.303 e. The first-order chi connectivity index (χ1) is 9.72. The molecule has 3 rings (SSSR count). The van der Waals surface area contributed by atoms with Crippen molar-refractivity contribution >= 4 is 5.97 Å². The molecule has 4 nitrogen and oxygen atoms in total. The van der Waals surface area contributed by atoms with E-state index in [0.717, 1.165) is 44.8 Å². The van der Waals surface area contributed by atoms with Gasteiger partial charge in [-0.2, -0.15) is 0 Å². The van der Waals surface area contributed by atoms with Gasteiger partial charge in [0.05, 0.1) is 6.61 Å². The van der Waals surface area contributed by atoms with E-state index in [9.17, 15) is 4.79 Å². The number of carboxylic acid groups (broad SMARTS) is 1. The number of rotatable bonds is 5. The van der Waals surface area contributed by atoms with Gasteiger partial charge in [-0.1, -0.05) is 18.2 Å². The molecule has 20 heavy (non-hydrogen) atoms. The standard InChI is InChI=1S/C16H21NO3/c18-16(19)6-5-12-7-8-17(9-12)10-13-11-20-15-4-2-1-3-14(13)15/h1-4,12-13H,5-11H2,(H,18,19). The zero-order valence-corrected chi connectivity index (χ0v) is 11.6. The highest BCUT2D eigenvalue weighted by molar-refractivity contribution is 5.66. The molecule has 1 N–H and O–H groups in total. The van der Waals surface area contributed by atoms with E-state index in [1.807, 2.05) is 12.1 Å². The first kappa shape index (κ1) is 13.4. The van der Waals surface area contributed by atoms with Crippen molar-refractivity contribution in [3.63, 3.8) is 0 Å². The fourth-order valence-corrected chi connectivity index (χ4v) is 3.33. The normalized spacial score (nSPS) is 25.4. The number of hydrogen-bond donors (Lipinski definition) is 1. The molecule has 0 radical (unpaired) electrons. The highest BCUT2D eigenvalue weighted by Crippen LogP contribution is 2.35. The van der Waals surface area contributed by atoms with Crippen LogP contribution in [0.15, 0.2) is 24.3 Å². The van der Waals surface area contributed by atoms with E-state index in [0.29, 0.717) is 18.3 Å². The Hall–Kier alpha value is -1.55. The number of carbonyl (C=O) groups is 1. The lowest BCUT2D eigenvalue weighted by atomic mass is 10.0. The molecule has 1 aromatic carbocycles. The summed E-state index contributed by atoms with van der Waals surface area (Å²) in [5, 5.41) is 8.75. The Labute approximate surface area is 119 Å². The zero-order chi connectivity index (χ0) is 13.9. The molecule has 2 atom stereocenters. The molecule has 0 amide bonds. The second kappa shape index (κ2) is 5.83. The van der Waals surface area contributed by atoms with Crippen molar-refractivity contribution in [3.05, 3.63) is 29.8 Å². The van der Waals surface area contributed by atoms with Crippen LogP contribution in [0.3, 0.4) is 0 Å². The van der Waals surface area contributed by atoms with E-state index >= 15 is 0 Å². The van der Waals surface area contributed by atoms with Crippen LogP contribution in [-0.2, 0) is 4.79 Å². The first-order valence-corrected chi connectivity index (χ1v) is 7.38. The van der Waals surface area contributed by atoms with Gasteiger partial charge in [0.15, 0.2) is 0 Å². The van der Waals surface area contributed by atoms with E-state index in [2.05, 4.69) is 17.0 Å². The fourth-order valence-electron chi connectivity index (χ4n) is 3.33. The van der Waals surface area contributed by atoms with Crippen LogP contribution in [0.4, 0.5) is 0 Å². The quantitative estimate of drug-likeness (QED) is 0.896. The van der Waals surface area contributed by atoms with Crippen molar-refractivity contribution < 1.29 is 14.6 Å². The molecule has 1 aromatic rings. The van der Waals surface area contributed by atoms with Crippen molar-refractivity contribution in [2.24, 2.45) is 5.92 Å². The largest absolute Gasteiger partial charge is 0.493 e. The molecule has 4 heteroatoms. The molecular weight excluding hydrogens is 254 g/mol. The lowest BCUT2D eigenvalue weighted by Gasteiger charge is -2.19. The van der Waals surface area contributed by atoms with E-state index < -0.39 is 5.97 Å². The predicted octanol–water partition coefficient (Wildman–Crippen LogP) is 2.35. The minimum atomic E-state index is -0.679. The van der Waals surface area contributed by atoms with Gasteiger partial charge >= 0.3 is 5.97 Å².